The van der Waals surface area contributed by atoms with E-state index in [0.29, 0.717) is 12.8 Å². The highest BCUT2D eigenvalue weighted by molar-refractivity contribution is 5.80. The molecule has 1 rings (SSSR count). The van der Waals surface area contributed by atoms with Crippen molar-refractivity contribution in [1.29, 1.82) is 0 Å². The van der Waals surface area contributed by atoms with E-state index >= 15 is 0 Å². The lowest BCUT2D eigenvalue weighted by molar-refractivity contribution is -0.305. The number of carbonyl (C=O) groups is 2. The summed E-state index contributed by atoms with van der Waals surface area (Å²) in [6.07, 6.45) is 63.3. The van der Waals surface area contributed by atoms with E-state index in [1.165, 1.54) is 141 Å². The molecule has 1 saturated heterocycles. The van der Waals surface area contributed by atoms with E-state index in [1.807, 2.05) is 6.08 Å². The Morgan fingerprint density at radius 1 is 0.500 bits per heavy atom. The molecular formula is C69H121NO10. The molecule has 0 saturated carbocycles. The van der Waals surface area contributed by atoms with E-state index < -0.39 is 67.4 Å². The lowest BCUT2D eigenvalue weighted by Gasteiger charge is -2.41. The molecule has 462 valence electrons. The van der Waals surface area contributed by atoms with Gasteiger partial charge in [0.15, 0.2) is 12.4 Å². The Morgan fingerprint density at radius 2 is 0.900 bits per heavy atom. The molecule has 11 nitrogen and oxygen atoms in total. The number of rotatable bonds is 55. The Bertz CT molecular complexity index is 1620. The summed E-state index contributed by atoms with van der Waals surface area (Å²) in [6, 6.07) is -1.04. The number of carbonyl (C=O) groups excluding carboxylic acids is 2. The number of esters is 1. The Morgan fingerprint density at radius 3 is 1.35 bits per heavy atom. The molecular weight excluding hydrogens is 1000 g/mol. The van der Waals surface area contributed by atoms with Gasteiger partial charge in [0.05, 0.1) is 25.4 Å². The SMILES string of the molecule is CC/C=C\C/C=C\C/C=C\C/C=C\C/C=C\C/C=C\CCCCC(=O)OC1C(OCC(NC(=O)C(O)CCCCCCCCCCCCCCCCCCCC)C(O)/C=C/CCCCCCCCCCCC)OC(CO)C(O)C1O. The standard InChI is InChI=1S/C69H121NO10/c1-4-7-10-13-16-19-22-25-27-29-31-32-33-35-37-39-42-45-48-51-54-57-64(74)80-67-66(76)65(75)63(58-71)79-69(67)78-59-60(61(72)55-52-49-46-43-40-24-21-18-15-12-9-6-3)70-68(77)62(73)56-53-50-47-44-41-38-36-34-30-28-26-23-20-17-14-11-8-5-2/h7,10,16,19,25,27,31-32,35,37,42,45,52,55,60-63,65-67,69,71-73,75-76H,4-6,8-9,11-15,17-18,20-24,26,28-30,33-34,36,38-41,43-44,46-51,53-54,56-59H2,1-3H3,(H,70,77)/b10-7-,19-16-,27-25-,32-31-,37-35-,45-42-,55-52+. The Hall–Kier alpha value is -3.16. The maximum absolute atomic E-state index is 13.4. The normalized spacial score (nSPS) is 19.3. The van der Waals surface area contributed by atoms with Crippen molar-refractivity contribution < 1.29 is 49.3 Å². The number of hydrogen-bond acceptors (Lipinski definition) is 10. The molecule has 0 spiro atoms. The summed E-state index contributed by atoms with van der Waals surface area (Å²) in [5, 5.41) is 57.1. The number of hydrogen-bond donors (Lipinski definition) is 6. The number of allylic oxidation sites excluding steroid dienone is 13. The van der Waals surface area contributed by atoms with Gasteiger partial charge in [0, 0.05) is 6.42 Å². The van der Waals surface area contributed by atoms with Crippen molar-refractivity contribution >= 4 is 11.9 Å². The topological polar surface area (TPSA) is 175 Å². The summed E-state index contributed by atoms with van der Waals surface area (Å²) in [5.74, 6) is -1.24. The first-order chi connectivity index (χ1) is 39.2. The van der Waals surface area contributed by atoms with Crippen LogP contribution in [-0.4, -0.2) is 99.6 Å². The summed E-state index contributed by atoms with van der Waals surface area (Å²) in [5.41, 5.74) is 0. The van der Waals surface area contributed by atoms with Gasteiger partial charge in [0.25, 0.3) is 0 Å². The van der Waals surface area contributed by atoms with Crippen LogP contribution in [0.2, 0.25) is 0 Å². The average Bonchev–Trinajstić information content (AvgIpc) is 3.45. The molecule has 1 amide bonds. The van der Waals surface area contributed by atoms with Gasteiger partial charge in [-0.25, -0.2) is 0 Å². The molecule has 1 aliphatic rings. The molecule has 1 fully saturated rings. The van der Waals surface area contributed by atoms with Crippen LogP contribution in [-0.2, 0) is 23.8 Å². The second kappa shape index (κ2) is 56.3. The maximum Gasteiger partial charge on any atom is 0.306 e. The molecule has 11 heteroatoms. The number of amides is 1. The fourth-order valence-corrected chi connectivity index (χ4v) is 9.89. The van der Waals surface area contributed by atoms with Crippen molar-refractivity contribution in [2.45, 2.75) is 327 Å². The second-order valence-electron chi connectivity index (χ2n) is 22.5. The van der Waals surface area contributed by atoms with Crippen molar-refractivity contribution in [3.05, 3.63) is 85.1 Å². The first-order valence-electron chi connectivity index (χ1n) is 32.9. The highest BCUT2D eigenvalue weighted by Crippen LogP contribution is 2.26. The number of unbranched alkanes of at least 4 members (excludes halogenated alkanes) is 29. The summed E-state index contributed by atoms with van der Waals surface area (Å²) in [6.45, 7) is 5.67. The Balaban J connectivity index is 2.67. The van der Waals surface area contributed by atoms with Gasteiger partial charge in [0.1, 0.15) is 24.4 Å². The zero-order chi connectivity index (χ0) is 58.2. The third-order valence-corrected chi connectivity index (χ3v) is 15.1. The molecule has 0 bridgehead atoms. The quantitative estimate of drug-likeness (QED) is 0.0195. The van der Waals surface area contributed by atoms with Crippen LogP contribution < -0.4 is 5.32 Å². The minimum Gasteiger partial charge on any atom is -0.454 e. The Labute approximate surface area is 489 Å². The maximum atomic E-state index is 13.4. The van der Waals surface area contributed by atoms with Crippen LogP contribution in [0.5, 0.6) is 0 Å². The highest BCUT2D eigenvalue weighted by atomic mass is 16.7. The van der Waals surface area contributed by atoms with Crippen molar-refractivity contribution in [2.75, 3.05) is 13.2 Å². The second-order valence-corrected chi connectivity index (χ2v) is 22.5. The molecule has 0 radical (unpaired) electrons. The number of aliphatic hydroxyl groups excluding tert-OH is 5. The van der Waals surface area contributed by atoms with E-state index in [2.05, 4.69) is 99.0 Å². The largest absolute Gasteiger partial charge is 0.454 e. The minimum absolute atomic E-state index is 0.0661. The van der Waals surface area contributed by atoms with E-state index in [-0.39, 0.29) is 19.4 Å². The molecule has 8 atom stereocenters. The van der Waals surface area contributed by atoms with Gasteiger partial charge in [-0.15, -0.1) is 0 Å². The summed E-state index contributed by atoms with van der Waals surface area (Å²) < 4.78 is 17.6. The Kier molecular flexibility index (Phi) is 52.7. The summed E-state index contributed by atoms with van der Waals surface area (Å²) >= 11 is 0. The van der Waals surface area contributed by atoms with Gasteiger partial charge < -0.3 is 45.1 Å². The third kappa shape index (κ3) is 43.5. The number of aliphatic hydroxyl groups is 5. The van der Waals surface area contributed by atoms with Crippen molar-refractivity contribution in [1.82, 2.24) is 5.32 Å². The van der Waals surface area contributed by atoms with Gasteiger partial charge in [0.2, 0.25) is 5.91 Å². The molecule has 0 aliphatic carbocycles. The van der Waals surface area contributed by atoms with E-state index in [4.69, 9.17) is 14.2 Å². The lowest BCUT2D eigenvalue weighted by Crippen LogP contribution is -2.61. The molecule has 0 aromatic rings. The van der Waals surface area contributed by atoms with Crippen molar-refractivity contribution in [2.24, 2.45) is 0 Å². The molecule has 6 N–H and O–H groups in total. The predicted octanol–water partition coefficient (Wildman–Crippen LogP) is 16.1. The van der Waals surface area contributed by atoms with Crippen LogP contribution in [0.3, 0.4) is 0 Å². The summed E-state index contributed by atoms with van der Waals surface area (Å²) in [4.78, 5) is 26.6. The van der Waals surface area contributed by atoms with Gasteiger partial charge in [-0.2, -0.15) is 0 Å². The van der Waals surface area contributed by atoms with E-state index in [9.17, 15) is 35.1 Å². The number of ether oxygens (including phenoxy) is 3. The van der Waals surface area contributed by atoms with E-state index in [0.717, 1.165) is 89.9 Å². The molecule has 80 heavy (non-hydrogen) atoms. The van der Waals surface area contributed by atoms with Gasteiger partial charge >= 0.3 is 5.97 Å². The average molecular weight is 1120 g/mol. The van der Waals surface area contributed by atoms with Crippen LogP contribution in [0.25, 0.3) is 0 Å². The molecule has 1 aliphatic heterocycles. The smallest absolute Gasteiger partial charge is 0.306 e. The third-order valence-electron chi connectivity index (χ3n) is 15.1. The molecule has 0 aromatic carbocycles. The fraction of sp³-hybridized carbons (Fsp3) is 0.768. The number of nitrogens with one attached hydrogen (secondary N) is 1. The minimum atomic E-state index is -1.64. The van der Waals surface area contributed by atoms with Crippen molar-refractivity contribution in [3.8, 4) is 0 Å². The molecule has 1 heterocycles. The molecule has 0 aromatic heterocycles. The van der Waals surface area contributed by atoms with Crippen LogP contribution in [0.15, 0.2) is 85.1 Å². The molecule has 8 unspecified atom stereocenters. The van der Waals surface area contributed by atoms with Crippen LogP contribution in [0.1, 0.15) is 278 Å². The van der Waals surface area contributed by atoms with Gasteiger partial charge in [-0.1, -0.05) is 279 Å². The highest BCUT2D eigenvalue weighted by Gasteiger charge is 2.47. The first kappa shape index (κ1) is 74.9. The van der Waals surface area contributed by atoms with Gasteiger partial charge in [-0.3, -0.25) is 9.59 Å². The summed E-state index contributed by atoms with van der Waals surface area (Å²) in [7, 11) is 0. The van der Waals surface area contributed by atoms with Crippen LogP contribution in [0.4, 0.5) is 0 Å². The zero-order valence-corrected chi connectivity index (χ0v) is 51.2. The first-order valence-corrected chi connectivity index (χ1v) is 32.9. The van der Waals surface area contributed by atoms with E-state index in [1.54, 1.807) is 6.08 Å². The van der Waals surface area contributed by atoms with Crippen molar-refractivity contribution in [3.63, 3.8) is 0 Å². The van der Waals surface area contributed by atoms with Gasteiger partial charge in [-0.05, 0) is 77.0 Å². The lowest BCUT2D eigenvalue weighted by atomic mass is 9.99. The zero-order valence-electron chi connectivity index (χ0n) is 51.2. The predicted molar refractivity (Wildman–Crippen MR) is 333 cm³/mol. The fourth-order valence-electron chi connectivity index (χ4n) is 9.89. The van der Waals surface area contributed by atoms with Crippen LogP contribution in [0, 0.1) is 0 Å². The van der Waals surface area contributed by atoms with Crippen LogP contribution >= 0.6 is 0 Å². The monoisotopic (exact) mass is 1120 g/mol.